The molecule has 0 radical (unpaired) electrons. The molecular weight excluding hydrogens is 530 g/mol. The number of carbonyl (C=O) groups is 4. The fourth-order valence-corrected chi connectivity index (χ4v) is 5.09. The fraction of sp³-hybridized carbons (Fsp3) is 0.273. The molecule has 216 valence electrons. The van der Waals surface area contributed by atoms with Crippen molar-refractivity contribution in [2.45, 2.75) is 44.8 Å². The Kier molecular flexibility index (Phi) is 10.0. The second-order valence-electron chi connectivity index (χ2n) is 10.7. The molecule has 5 N–H and O–H groups in total. The molecule has 2 unspecified atom stereocenters. The lowest BCUT2D eigenvalue weighted by Crippen LogP contribution is -2.50. The number of rotatable bonds is 13. The Morgan fingerprint density at radius 2 is 1.48 bits per heavy atom. The Bertz CT molecular complexity index is 1510. The molecule has 4 rings (SSSR count). The highest BCUT2D eigenvalue weighted by molar-refractivity contribution is 6.14. The van der Waals surface area contributed by atoms with Gasteiger partial charge in [0.05, 0.1) is 41.3 Å². The first kappa shape index (κ1) is 30.4. The zero-order valence-electron chi connectivity index (χ0n) is 23.6. The minimum Gasteiger partial charge on any atom is -0.342 e. The number of Topliss-reactive ketones (excluding diaryl/α,β-unsaturated/α-hetero) is 3. The molecule has 9 heteroatoms. The summed E-state index contributed by atoms with van der Waals surface area (Å²) < 4.78 is 0. The summed E-state index contributed by atoms with van der Waals surface area (Å²) in [6, 6.07) is 22.0. The van der Waals surface area contributed by atoms with Crippen LogP contribution in [0.1, 0.15) is 54.2 Å². The number of hydrogen-bond acceptors (Lipinski definition) is 8. The number of nitrogens with zero attached hydrogens (tertiary/aromatic N) is 2. The van der Waals surface area contributed by atoms with E-state index in [4.69, 9.17) is 11.5 Å². The predicted molar refractivity (Wildman–Crippen MR) is 160 cm³/mol. The molecule has 0 bridgehead atoms. The molecule has 1 amide bonds. The van der Waals surface area contributed by atoms with Crippen molar-refractivity contribution in [3.8, 4) is 0 Å². The Balaban J connectivity index is 1.58. The number of fused-ring (bicyclic) bond motifs is 1. The molecule has 42 heavy (non-hydrogen) atoms. The number of carbonyl (C=O) groups excluding carboxylic acids is 4. The predicted octanol–water partition coefficient (Wildman–Crippen LogP) is 3.56. The summed E-state index contributed by atoms with van der Waals surface area (Å²) in [6.45, 7) is 3.82. The number of nitrogens with two attached hydrogens (primary N) is 2. The van der Waals surface area contributed by atoms with E-state index in [1.807, 2.05) is 32.0 Å². The van der Waals surface area contributed by atoms with E-state index in [1.165, 1.54) is 0 Å². The lowest BCUT2D eigenvalue weighted by Gasteiger charge is -2.25. The first-order valence-electron chi connectivity index (χ1n) is 13.9. The molecule has 4 aromatic rings. The van der Waals surface area contributed by atoms with Gasteiger partial charge in [0.25, 0.3) is 5.91 Å². The minimum absolute atomic E-state index is 0.0285. The summed E-state index contributed by atoms with van der Waals surface area (Å²) in [5.74, 6) is -4.59. The van der Waals surface area contributed by atoms with E-state index in [2.05, 4.69) is 15.3 Å². The SMILES string of the molecule is CC(C)C[C@H](NC(=O)c1cccc2cccnc12)C(=O)CC(=O)C(C(=O)C(c1ccccc1)c1ccccn1)C(N)N. The van der Waals surface area contributed by atoms with Gasteiger partial charge in [-0.25, -0.2) is 0 Å². The normalized spacial score (nSPS) is 13.5. The maximum Gasteiger partial charge on any atom is 0.254 e. The molecule has 0 fully saturated rings. The first-order chi connectivity index (χ1) is 20.2. The van der Waals surface area contributed by atoms with Crippen molar-refractivity contribution in [1.29, 1.82) is 0 Å². The van der Waals surface area contributed by atoms with Gasteiger partial charge in [-0.3, -0.25) is 29.1 Å². The van der Waals surface area contributed by atoms with Crippen LogP contribution in [0.15, 0.2) is 91.3 Å². The average Bonchev–Trinajstić information content (AvgIpc) is 2.97. The number of pyridine rings is 2. The summed E-state index contributed by atoms with van der Waals surface area (Å²) in [5, 5.41) is 3.58. The van der Waals surface area contributed by atoms with Crippen LogP contribution in [-0.2, 0) is 14.4 Å². The Labute approximate surface area is 244 Å². The van der Waals surface area contributed by atoms with Gasteiger partial charge in [-0.05, 0) is 42.2 Å². The van der Waals surface area contributed by atoms with Crippen LogP contribution in [0, 0.1) is 11.8 Å². The van der Waals surface area contributed by atoms with E-state index >= 15 is 0 Å². The molecule has 2 aromatic carbocycles. The largest absolute Gasteiger partial charge is 0.342 e. The zero-order valence-corrected chi connectivity index (χ0v) is 23.6. The van der Waals surface area contributed by atoms with Gasteiger partial charge in [-0.15, -0.1) is 0 Å². The van der Waals surface area contributed by atoms with E-state index < -0.39 is 53.7 Å². The van der Waals surface area contributed by atoms with Crippen molar-refractivity contribution in [2.24, 2.45) is 23.3 Å². The van der Waals surface area contributed by atoms with Gasteiger partial charge in [-0.1, -0.05) is 68.4 Å². The van der Waals surface area contributed by atoms with Crippen LogP contribution in [0.25, 0.3) is 10.9 Å². The third kappa shape index (κ3) is 7.18. The first-order valence-corrected chi connectivity index (χ1v) is 13.9. The molecule has 0 aliphatic carbocycles. The van der Waals surface area contributed by atoms with Gasteiger partial charge in [-0.2, -0.15) is 0 Å². The van der Waals surface area contributed by atoms with E-state index in [0.29, 0.717) is 28.8 Å². The number of ketones is 3. The van der Waals surface area contributed by atoms with Gasteiger partial charge in [0.2, 0.25) is 0 Å². The summed E-state index contributed by atoms with van der Waals surface area (Å²) in [7, 11) is 0. The van der Waals surface area contributed by atoms with E-state index in [0.717, 1.165) is 5.39 Å². The second-order valence-corrected chi connectivity index (χ2v) is 10.7. The highest BCUT2D eigenvalue weighted by atomic mass is 16.2. The van der Waals surface area contributed by atoms with Crippen molar-refractivity contribution >= 4 is 34.2 Å². The van der Waals surface area contributed by atoms with Gasteiger partial charge in [0, 0.05) is 17.8 Å². The number of benzene rings is 2. The number of aromatic nitrogens is 2. The Morgan fingerprint density at radius 3 is 2.14 bits per heavy atom. The van der Waals surface area contributed by atoms with Crippen molar-refractivity contribution < 1.29 is 19.2 Å². The smallest absolute Gasteiger partial charge is 0.254 e. The van der Waals surface area contributed by atoms with Gasteiger partial charge in [0.1, 0.15) is 5.92 Å². The van der Waals surface area contributed by atoms with Crippen LogP contribution in [0.5, 0.6) is 0 Å². The molecule has 9 nitrogen and oxygen atoms in total. The van der Waals surface area contributed by atoms with Crippen LogP contribution in [0.3, 0.4) is 0 Å². The molecule has 0 saturated carbocycles. The van der Waals surface area contributed by atoms with Crippen LogP contribution < -0.4 is 16.8 Å². The van der Waals surface area contributed by atoms with Crippen molar-refractivity contribution in [3.05, 3.63) is 108 Å². The quantitative estimate of drug-likeness (QED) is 0.164. The van der Waals surface area contributed by atoms with Crippen LogP contribution >= 0.6 is 0 Å². The van der Waals surface area contributed by atoms with Crippen molar-refractivity contribution in [1.82, 2.24) is 15.3 Å². The third-order valence-electron chi connectivity index (χ3n) is 7.07. The van der Waals surface area contributed by atoms with Gasteiger partial charge < -0.3 is 16.8 Å². The third-order valence-corrected chi connectivity index (χ3v) is 7.07. The Morgan fingerprint density at radius 1 is 0.786 bits per heavy atom. The lowest BCUT2D eigenvalue weighted by atomic mass is 9.80. The topological polar surface area (TPSA) is 158 Å². The van der Waals surface area contributed by atoms with E-state index in [1.54, 1.807) is 73.1 Å². The standard InChI is InChI=1S/C33H35N5O4/c1-20(2)18-25(38-33(42)23-14-8-12-22-13-9-17-37-30(22)23)26(39)19-27(40)29(32(34)35)31(41)28(21-10-4-3-5-11-21)24-15-6-7-16-36-24/h3-17,20,25,28-29,32H,18-19,34-35H2,1-2H3,(H,38,42)/t25-,28?,29?/m0/s1. The van der Waals surface area contributed by atoms with E-state index in [9.17, 15) is 19.2 Å². The minimum atomic E-state index is -1.46. The number of para-hydroxylation sites is 1. The summed E-state index contributed by atoms with van der Waals surface area (Å²) in [6.07, 6.45) is 1.49. The summed E-state index contributed by atoms with van der Waals surface area (Å²) in [5.41, 5.74) is 13.9. The zero-order chi connectivity index (χ0) is 30.2. The monoisotopic (exact) mass is 565 g/mol. The molecule has 0 aliphatic rings. The van der Waals surface area contributed by atoms with Gasteiger partial charge in [0.15, 0.2) is 17.3 Å². The molecule has 0 spiro atoms. The maximum atomic E-state index is 13.9. The molecule has 0 aliphatic heterocycles. The highest BCUT2D eigenvalue weighted by Gasteiger charge is 2.39. The molecule has 2 heterocycles. The summed E-state index contributed by atoms with van der Waals surface area (Å²) in [4.78, 5) is 63.0. The molecule has 3 atom stereocenters. The molecular formula is C33H35N5O4. The lowest BCUT2D eigenvalue weighted by molar-refractivity contribution is -0.136. The number of nitrogens with one attached hydrogen (secondary N) is 1. The maximum absolute atomic E-state index is 13.9. The number of amides is 1. The molecule has 0 saturated heterocycles. The summed E-state index contributed by atoms with van der Waals surface area (Å²) >= 11 is 0. The average molecular weight is 566 g/mol. The molecule has 2 aromatic heterocycles. The van der Waals surface area contributed by atoms with E-state index in [-0.39, 0.29) is 5.92 Å². The second kappa shape index (κ2) is 13.8. The van der Waals surface area contributed by atoms with Crippen molar-refractivity contribution in [3.63, 3.8) is 0 Å². The van der Waals surface area contributed by atoms with Crippen LogP contribution in [-0.4, -0.2) is 45.4 Å². The van der Waals surface area contributed by atoms with Crippen LogP contribution in [0.2, 0.25) is 0 Å². The van der Waals surface area contributed by atoms with Crippen molar-refractivity contribution in [2.75, 3.05) is 0 Å². The van der Waals surface area contributed by atoms with Crippen LogP contribution in [0.4, 0.5) is 0 Å². The fourth-order valence-electron chi connectivity index (χ4n) is 5.09. The highest BCUT2D eigenvalue weighted by Crippen LogP contribution is 2.28. The Hall–Kier alpha value is -4.60. The van der Waals surface area contributed by atoms with Gasteiger partial charge >= 0.3 is 0 Å². The number of hydrogen-bond donors (Lipinski definition) is 3.